The molecule has 2 aromatic carbocycles. The molecular formula is C21H23ClFN2O4+. The Kier molecular flexibility index (Phi) is 7.19. The fourth-order valence-electron chi connectivity index (χ4n) is 2.98. The highest BCUT2D eigenvalue weighted by Gasteiger charge is 2.20. The van der Waals surface area contributed by atoms with Crippen molar-refractivity contribution in [2.75, 3.05) is 31.6 Å². The van der Waals surface area contributed by atoms with Gasteiger partial charge >= 0.3 is 5.97 Å². The van der Waals surface area contributed by atoms with E-state index in [9.17, 15) is 14.0 Å². The lowest BCUT2D eigenvalue weighted by atomic mass is 10.1. The van der Waals surface area contributed by atoms with Gasteiger partial charge in [0.2, 0.25) is 0 Å². The summed E-state index contributed by atoms with van der Waals surface area (Å²) in [5.41, 5.74) is 1.81. The average molecular weight is 422 g/mol. The summed E-state index contributed by atoms with van der Waals surface area (Å²) in [5, 5.41) is 2.44. The number of ether oxygens (including phenoxy) is 2. The minimum atomic E-state index is -1.02. The maximum atomic E-state index is 13.2. The van der Waals surface area contributed by atoms with Gasteiger partial charge in [0, 0.05) is 11.3 Å². The molecule has 0 saturated carbocycles. The highest BCUT2D eigenvalue weighted by atomic mass is 35.5. The van der Waals surface area contributed by atoms with E-state index in [0.717, 1.165) is 44.5 Å². The Labute approximate surface area is 173 Å². The molecule has 6 nitrogen and oxygen atoms in total. The molecule has 2 aromatic rings. The number of esters is 1. The summed E-state index contributed by atoms with van der Waals surface area (Å²) in [6.45, 7) is 5.81. The maximum Gasteiger partial charge on any atom is 0.338 e. The third kappa shape index (κ3) is 6.00. The van der Waals surface area contributed by atoms with E-state index in [4.69, 9.17) is 21.1 Å². The molecule has 1 aliphatic heterocycles. The van der Waals surface area contributed by atoms with Crippen molar-refractivity contribution in [1.82, 2.24) is 0 Å². The fraction of sp³-hybridized carbons (Fsp3) is 0.333. The minimum Gasteiger partial charge on any atom is -0.449 e. The molecule has 0 aliphatic carbocycles. The van der Waals surface area contributed by atoms with Gasteiger partial charge in [0.15, 0.2) is 6.10 Å². The van der Waals surface area contributed by atoms with E-state index in [1.807, 2.05) is 12.1 Å². The van der Waals surface area contributed by atoms with Gasteiger partial charge in [-0.1, -0.05) is 23.7 Å². The number of amides is 1. The lowest BCUT2D eigenvalue weighted by Crippen LogP contribution is -3.12. The molecule has 0 radical (unpaired) electrons. The second-order valence-electron chi connectivity index (χ2n) is 6.90. The first-order valence-electron chi connectivity index (χ1n) is 9.39. The molecule has 0 aromatic heterocycles. The number of nitrogens with one attached hydrogen (secondary N) is 2. The molecular weight excluding hydrogens is 399 g/mol. The summed E-state index contributed by atoms with van der Waals surface area (Å²) in [7, 11) is 0. The molecule has 29 heavy (non-hydrogen) atoms. The molecule has 1 atom stereocenters. The van der Waals surface area contributed by atoms with E-state index < -0.39 is 23.8 Å². The maximum absolute atomic E-state index is 13.2. The van der Waals surface area contributed by atoms with Crippen LogP contribution in [0.15, 0.2) is 42.5 Å². The van der Waals surface area contributed by atoms with Gasteiger partial charge in [-0.3, -0.25) is 4.79 Å². The van der Waals surface area contributed by atoms with Crippen LogP contribution >= 0.6 is 11.6 Å². The van der Waals surface area contributed by atoms with E-state index in [-0.39, 0.29) is 5.02 Å². The number of anilines is 1. The van der Waals surface area contributed by atoms with E-state index in [1.54, 1.807) is 12.1 Å². The van der Waals surface area contributed by atoms with Crippen molar-refractivity contribution in [3.63, 3.8) is 0 Å². The monoisotopic (exact) mass is 421 g/mol. The second kappa shape index (κ2) is 9.82. The lowest BCUT2D eigenvalue weighted by Gasteiger charge is -2.23. The van der Waals surface area contributed by atoms with Crippen LogP contribution in [0.3, 0.4) is 0 Å². The Balaban J connectivity index is 1.52. The van der Waals surface area contributed by atoms with Gasteiger partial charge in [0.05, 0.1) is 23.8 Å². The predicted octanol–water partition coefficient (Wildman–Crippen LogP) is 2.08. The highest BCUT2D eigenvalue weighted by molar-refractivity contribution is 6.31. The van der Waals surface area contributed by atoms with Crippen molar-refractivity contribution in [3.8, 4) is 0 Å². The van der Waals surface area contributed by atoms with E-state index in [0.29, 0.717) is 11.3 Å². The van der Waals surface area contributed by atoms with Crippen molar-refractivity contribution in [2.24, 2.45) is 0 Å². The molecule has 0 spiro atoms. The Morgan fingerprint density at radius 3 is 2.55 bits per heavy atom. The van der Waals surface area contributed by atoms with Crippen LogP contribution in [0.5, 0.6) is 0 Å². The zero-order valence-corrected chi connectivity index (χ0v) is 16.8. The third-order valence-electron chi connectivity index (χ3n) is 4.68. The molecule has 1 fully saturated rings. The molecule has 1 amide bonds. The number of carbonyl (C=O) groups excluding carboxylic acids is 2. The smallest absolute Gasteiger partial charge is 0.338 e. The summed E-state index contributed by atoms with van der Waals surface area (Å²) in [6.07, 6.45) is -1.02. The molecule has 1 heterocycles. The SMILES string of the molecule is C[C@@H](OC(=O)c1ccc(C[NH+]2CCOCC2)cc1)C(=O)Nc1ccc(F)c(Cl)c1. The van der Waals surface area contributed by atoms with Crippen molar-refractivity contribution in [2.45, 2.75) is 19.6 Å². The number of carbonyl (C=O) groups is 2. The Morgan fingerprint density at radius 2 is 1.90 bits per heavy atom. The van der Waals surface area contributed by atoms with Crippen molar-refractivity contribution < 1.29 is 28.4 Å². The molecule has 8 heteroatoms. The van der Waals surface area contributed by atoms with Crippen molar-refractivity contribution >= 4 is 29.2 Å². The van der Waals surface area contributed by atoms with Crippen molar-refractivity contribution in [3.05, 3.63) is 64.4 Å². The topological polar surface area (TPSA) is 69.1 Å². The van der Waals surface area contributed by atoms with Crippen LogP contribution in [0.4, 0.5) is 10.1 Å². The van der Waals surface area contributed by atoms with E-state index >= 15 is 0 Å². The number of quaternary nitrogens is 1. The van der Waals surface area contributed by atoms with Crippen LogP contribution in [0.2, 0.25) is 5.02 Å². The Bertz CT molecular complexity index is 869. The van der Waals surface area contributed by atoms with Crippen LogP contribution in [-0.2, 0) is 20.8 Å². The van der Waals surface area contributed by atoms with Crippen LogP contribution in [-0.4, -0.2) is 44.3 Å². The highest BCUT2D eigenvalue weighted by Crippen LogP contribution is 2.19. The first-order chi connectivity index (χ1) is 13.9. The van der Waals surface area contributed by atoms with Crippen molar-refractivity contribution in [1.29, 1.82) is 0 Å². The zero-order chi connectivity index (χ0) is 20.8. The number of benzene rings is 2. The molecule has 154 valence electrons. The number of morpholine rings is 1. The van der Waals surface area contributed by atoms with Crippen LogP contribution in [0.25, 0.3) is 0 Å². The number of rotatable bonds is 6. The van der Waals surface area contributed by atoms with Gasteiger partial charge in [-0.05, 0) is 37.3 Å². The number of halogens is 2. The van der Waals surface area contributed by atoms with E-state index in [2.05, 4.69) is 5.32 Å². The Morgan fingerprint density at radius 1 is 1.21 bits per heavy atom. The molecule has 0 bridgehead atoms. The van der Waals surface area contributed by atoms with Gasteiger partial charge in [-0.25, -0.2) is 9.18 Å². The van der Waals surface area contributed by atoms with Gasteiger partial charge in [-0.2, -0.15) is 0 Å². The average Bonchev–Trinajstić information content (AvgIpc) is 2.72. The Hall–Kier alpha value is -2.48. The lowest BCUT2D eigenvalue weighted by molar-refractivity contribution is -0.921. The first-order valence-corrected chi connectivity index (χ1v) is 9.77. The number of hydrogen-bond acceptors (Lipinski definition) is 4. The summed E-state index contributed by atoms with van der Waals surface area (Å²) < 4.78 is 23.8. The summed E-state index contributed by atoms with van der Waals surface area (Å²) in [5.74, 6) is -1.70. The predicted molar refractivity (Wildman–Crippen MR) is 107 cm³/mol. The van der Waals surface area contributed by atoms with Gasteiger partial charge in [-0.15, -0.1) is 0 Å². The standard InChI is InChI=1S/C21H22ClFN2O4/c1-14(20(26)24-17-6-7-19(23)18(22)12-17)29-21(27)16-4-2-15(3-5-16)13-25-8-10-28-11-9-25/h2-7,12,14H,8-11,13H2,1H3,(H,24,26)/p+1/t14-/m1/s1. The molecule has 2 N–H and O–H groups in total. The fourth-order valence-corrected chi connectivity index (χ4v) is 3.16. The first kappa shape index (κ1) is 21.2. The van der Waals surface area contributed by atoms with Gasteiger partial charge in [0.25, 0.3) is 5.91 Å². The van der Waals surface area contributed by atoms with Crippen LogP contribution in [0, 0.1) is 5.82 Å². The summed E-state index contributed by atoms with van der Waals surface area (Å²) >= 11 is 5.70. The minimum absolute atomic E-state index is 0.105. The summed E-state index contributed by atoms with van der Waals surface area (Å²) in [4.78, 5) is 26.0. The molecule has 1 saturated heterocycles. The zero-order valence-electron chi connectivity index (χ0n) is 16.0. The molecule has 3 rings (SSSR count). The largest absolute Gasteiger partial charge is 0.449 e. The van der Waals surface area contributed by atoms with E-state index in [1.165, 1.54) is 24.0 Å². The van der Waals surface area contributed by atoms with Gasteiger partial charge in [0.1, 0.15) is 25.5 Å². The molecule has 1 aliphatic rings. The quantitative estimate of drug-likeness (QED) is 0.701. The normalized spacial score (nSPS) is 15.6. The second-order valence-corrected chi connectivity index (χ2v) is 7.31. The molecule has 0 unspecified atom stereocenters. The summed E-state index contributed by atoms with van der Waals surface area (Å²) in [6, 6.07) is 11.0. The van der Waals surface area contributed by atoms with Crippen LogP contribution in [0.1, 0.15) is 22.8 Å². The van der Waals surface area contributed by atoms with Crippen LogP contribution < -0.4 is 10.2 Å². The third-order valence-corrected chi connectivity index (χ3v) is 4.97. The number of hydrogen-bond donors (Lipinski definition) is 2. The van der Waals surface area contributed by atoms with Gasteiger partial charge < -0.3 is 19.7 Å².